The number of nitrogens with zero attached hydrogens (tertiary/aromatic N) is 1. The van der Waals surface area contributed by atoms with Gasteiger partial charge in [0.25, 0.3) is 0 Å². The van der Waals surface area contributed by atoms with E-state index in [0.717, 1.165) is 12.1 Å². The van der Waals surface area contributed by atoms with Crippen LogP contribution in [-0.4, -0.2) is 24.7 Å². The molecule has 0 saturated carbocycles. The molecule has 1 N–H and O–H groups in total. The zero-order valence-electron chi connectivity index (χ0n) is 15.4. The van der Waals surface area contributed by atoms with Crippen molar-refractivity contribution < 1.29 is 31.8 Å². The number of halogens is 4. The molecule has 2 aromatic carbocycles. The van der Waals surface area contributed by atoms with Crippen molar-refractivity contribution in [3.8, 4) is 5.75 Å². The Morgan fingerprint density at radius 2 is 1.83 bits per heavy atom. The van der Waals surface area contributed by atoms with Gasteiger partial charge in [0.15, 0.2) is 0 Å². The number of carbonyl (C=O) groups is 1. The topological polar surface area (TPSA) is 60.5 Å². The van der Waals surface area contributed by atoms with Gasteiger partial charge >= 0.3 is 12.1 Å². The van der Waals surface area contributed by atoms with Gasteiger partial charge in [-0.15, -0.1) is 0 Å². The largest absolute Gasteiger partial charge is 0.497 e. The van der Waals surface area contributed by atoms with Crippen LogP contribution in [0.1, 0.15) is 22.8 Å². The summed E-state index contributed by atoms with van der Waals surface area (Å²) in [5, 5.41) is 2.19. The lowest BCUT2D eigenvalue weighted by Gasteiger charge is -2.19. The number of hydrogen-bond donors (Lipinski definition) is 1. The van der Waals surface area contributed by atoms with Gasteiger partial charge in [0.2, 0.25) is 0 Å². The van der Waals surface area contributed by atoms with Gasteiger partial charge in [0.05, 0.1) is 24.8 Å². The van der Waals surface area contributed by atoms with Gasteiger partial charge in [-0.05, 0) is 49.4 Å². The van der Waals surface area contributed by atoms with Gasteiger partial charge < -0.3 is 14.8 Å². The number of alkyl halides is 3. The van der Waals surface area contributed by atoms with E-state index in [9.17, 15) is 22.4 Å². The third-order valence-electron chi connectivity index (χ3n) is 4.06. The number of benzene rings is 2. The van der Waals surface area contributed by atoms with E-state index in [-0.39, 0.29) is 17.9 Å². The molecule has 3 aromatic rings. The number of nitrogens with one attached hydrogen (secondary N) is 1. The molecule has 0 fully saturated rings. The summed E-state index contributed by atoms with van der Waals surface area (Å²) >= 11 is 0. The van der Waals surface area contributed by atoms with E-state index in [4.69, 9.17) is 9.47 Å². The average molecular weight is 408 g/mol. The third kappa shape index (κ3) is 4.23. The summed E-state index contributed by atoms with van der Waals surface area (Å²) in [6.07, 6.45) is -4.95. The van der Waals surface area contributed by atoms with Gasteiger partial charge in [-0.2, -0.15) is 13.2 Å². The quantitative estimate of drug-likeness (QED) is 0.457. The minimum absolute atomic E-state index is 0.122. The maximum atomic E-state index is 13.9. The van der Waals surface area contributed by atoms with E-state index in [1.54, 1.807) is 24.3 Å². The van der Waals surface area contributed by atoms with Crippen LogP contribution < -0.4 is 10.1 Å². The van der Waals surface area contributed by atoms with Crippen molar-refractivity contribution in [1.82, 2.24) is 4.98 Å². The molecule has 0 bridgehead atoms. The lowest BCUT2D eigenvalue weighted by Crippen LogP contribution is -2.19. The number of ether oxygens (including phenoxy) is 2. The van der Waals surface area contributed by atoms with Gasteiger partial charge in [0.1, 0.15) is 22.9 Å². The second kappa shape index (κ2) is 7.94. The molecule has 29 heavy (non-hydrogen) atoms. The second-order valence-corrected chi connectivity index (χ2v) is 5.94. The zero-order valence-corrected chi connectivity index (χ0v) is 15.4. The molecule has 0 aliphatic heterocycles. The van der Waals surface area contributed by atoms with Crippen LogP contribution in [-0.2, 0) is 10.9 Å². The Labute approximate surface area is 163 Å². The molecule has 0 radical (unpaired) electrons. The van der Waals surface area contributed by atoms with E-state index in [0.29, 0.717) is 17.5 Å². The van der Waals surface area contributed by atoms with Crippen LogP contribution in [0.4, 0.5) is 29.1 Å². The predicted molar refractivity (Wildman–Crippen MR) is 98.9 cm³/mol. The van der Waals surface area contributed by atoms with E-state index in [1.807, 2.05) is 0 Å². The Bertz CT molecular complexity index is 1050. The van der Waals surface area contributed by atoms with Gasteiger partial charge in [-0.3, -0.25) is 0 Å². The van der Waals surface area contributed by atoms with Crippen molar-refractivity contribution in [3.63, 3.8) is 0 Å². The highest BCUT2D eigenvalue weighted by molar-refractivity contribution is 6.03. The van der Waals surface area contributed by atoms with Crippen LogP contribution in [0.3, 0.4) is 0 Å². The minimum atomic E-state index is -4.95. The summed E-state index contributed by atoms with van der Waals surface area (Å²) in [5.41, 5.74) is -1.87. The minimum Gasteiger partial charge on any atom is -0.497 e. The molecule has 0 spiro atoms. The summed E-state index contributed by atoms with van der Waals surface area (Å²) in [6.45, 7) is 1.33. The van der Waals surface area contributed by atoms with Crippen molar-refractivity contribution in [2.45, 2.75) is 13.1 Å². The average Bonchev–Trinajstić information content (AvgIpc) is 2.67. The highest BCUT2D eigenvalue weighted by Crippen LogP contribution is 2.40. The summed E-state index contributed by atoms with van der Waals surface area (Å²) in [7, 11) is 1.47. The molecule has 3 rings (SSSR count). The maximum absolute atomic E-state index is 13.9. The number of methoxy groups -OCH3 is 1. The molecular weight excluding hydrogens is 392 g/mol. The molecule has 152 valence electrons. The van der Waals surface area contributed by atoms with Gasteiger partial charge in [-0.25, -0.2) is 14.2 Å². The smallest absolute Gasteiger partial charge is 0.418 e. The molecule has 0 unspecified atom stereocenters. The second-order valence-electron chi connectivity index (χ2n) is 5.94. The van der Waals surface area contributed by atoms with Crippen LogP contribution in [0.5, 0.6) is 5.75 Å². The molecule has 0 aliphatic rings. The monoisotopic (exact) mass is 408 g/mol. The maximum Gasteiger partial charge on any atom is 0.418 e. The third-order valence-corrected chi connectivity index (χ3v) is 4.06. The normalized spacial score (nSPS) is 11.4. The van der Waals surface area contributed by atoms with Gasteiger partial charge in [0, 0.05) is 11.1 Å². The van der Waals surface area contributed by atoms with E-state index < -0.39 is 34.5 Å². The van der Waals surface area contributed by atoms with Crippen LogP contribution in [0, 0.1) is 5.82 Å². The van der Waals surface area contributed by atoms with Crippen LogP contribution in [0.15, 0.2) is 42.5 Å². The summed E-state index contributed by atoms with van der Waals surface area (Å²) in [6, 6.07) is 9.10. The Balaban J connectivity index is 2.27. The highest BCUT2D eigenvalue weighted by atomic mass is 19.4. The molecule has 0 saturated heterocycles. The van der Waals surface area contributed by atoms with E-state index >= 15 is 0 Å². The lowest BCUT2D eigenvalue weighted by molar-refractivity contribution is -0.136. The number of rotatable bonds is 5. The molecule has 0 amide bonds. The van der Waals surface area contributed by atoms with E-state index in [2.05, 4.69) is 10.3 Å². The first kappa shape index (κ1) is 20.4. The number of anilines is 2. The van der Waals surface area contributed by atoms with Crippen LogP contribution in [0.2, 0.25) is 0 Å². The summed E-state index contributed by atoms with van der Waals surface area (Å²) in [4.78, 5) is 16.6. The molecule has 0 aliphatic carbocycles. The molecule has 1 heterocycles. The van der Waals surface area contributed by atoms with Crippen LogP contribution >= 0.6 is 0 Å². The Kier molecular flexibility index (Phi) is 5.58. The molecule has 9 heteroatoms. The SMILES string of the molecule is CCOC(=O)c1c(Nc2ccc(OC)cc2)nc2ccc(F)cc2c1C(F)(F)F. The number of hydrogen-bond acceptors (Lipinski definition) is 5. The van der Waals surface area contributed by atoms with Crippen molar-refractivity contribution in [2.24, 2.45) is 0 Å². The Hall–Kier alpha value is -3.36. The molecular formula is C20H16F4N2O3. The standard InChI is InChI=1S/C20H16F4N2O3/c1-3-29-19(27)16-17(20(22,23)24)14-10-11(21)4-9-15(14)26-18(16)25-12-5-7-13(28-2)8-6-12/h4-10H,3H2,1-2H3,(H,25,26). The van der Waals surface area contributed by atoms with Crippen molar-refractivity contribution >= 4 is 28.4 Å². The number of aromatic nitrogens is 1. The lowest BCUT2D eigenvalue weighted by atomic mass is 10.0. The number of fused-ring (bicyclic) bond motifs is 1. The predicted octanol–water partition coefficient (Wildman–Crippen LogP) is 5.32. The summed E-state index contributed by atoms with van der Waals surface area (Å²) < 4.78 is 65.3. The molecule has 1 aromatic heterocycles. The first-order valence-corrected chi connectivity index (χ1v) is 8.53. The zero-order chi connectivity index (χ0) is 21.2. The first-order valence-electron chi connectivity index (χ1n) is 8.53. The van der Waals surface area contributed by atoms with Crippen molar-refractivity contribution in [1.29, 1.82) is 0 Å². The first-order chi connectivity index (χ1) is 13.7. The molecule has 0 atom stereocenters. The van der Waals surface area contributed by atoms with Crippen molar-refractivity contribution in [2.75, 3.05) is 19.0 Å². The molecule has 5 nitrogen and oxygen atoms in total. The van der Waals surface area contributed by atoms with E-state index in [1.165, 1.54) is 14.0 Å². The fraction of sp³-hybridized carbons (Fsp3) is 0.200. The fourth-order valence-electron chi connectivity index (χ4n) is 2.83. The summed E-state index contributed by atoms with van der Waals surface area (Å²) in [5.74, 6) is -1.90. The Morgan fingerprint density at radius 3 is 2.41 bits per heavy atom. The van der Waals surface area contributed by atoms with Crippen LogP contribution in [0.25, 0.3) is 10.9 Å². The highest BCUT2D eigenvalue weighted by Gasteiger charge is 2.40. The number of carbonyl (C=O) groups excluding carboxylic acids is 1. The fourth-order valence-corrected chi connectivity index (χ4v) is 2.83. The van der Waals surface area contributed by atoms with Crippen molar-refractivity contribution in [3.05, 3.63) is 59.4 Å². The Morgan fingerprint density at radius 1 is 1.14 bits per heavy atom. The number of pyridine rings is 1. The number of esters is 1. The van der Waals surface area contributed by atoms with Gasteiger partial charge in [-0.1, -0.05) is 0 Å².